The first-order valence-corrected chi connectivity index (χ1v) is 5.82. The highest BCUT2D eigenvalue weighted by Crippen LogP contribution is 2.15. The zero-order chi connectivity index (χ0) is 10.4. The van der Waals surface area contributed by atoms with Gasteiger partial charge in [-0.15, -0.1) is 0 Å². The fourth-order valence-corrected chi connectivity index (χ4v) is 1.99. The predicted octanol–water partition coefficient (Wildman–Crippen LogP) is 0.451. The zero-order valence-electron chi connectivity index (χ0n) is 8.67. The second-order valence-corrected chi connectivity index (χ2v) is 4.42. The van der Waals surface area contributed by atoms with Gasteiger partial charge in [0, 0.05) is 32.3 Å². The highest BCUT2D eigenvalue weighted by Gasteiger charge is 2.11. The van der Waals surface area contributed by atoms with Crippen molar-refractivity contribution in [2.24, 2.45) is 10.9 Å². The maximum atomic E-state index is 10.9. The van der Waals surface area contributed by atoms with E-state index in [4.69, 9.17) is 0 Å². The van der Waals surface area contributed by atoms with Gasteiger partial charge in [-0.05, 0) is 5.92 Å². The van der Waals surface area contributed by atoms with Gasteiger partial charge in [0.1, 0.15) is 0 Å². The average molecular weight is 215 g/mol. The molecule has 1 atom stereocenters. The monoisotopic (exact) mass is 215 g/mol. The molecule has 1 amide bonds. The molecule has 0 radical (unpaired) electrons. The Bertz CT molecular complexity index is 230. The van der Waals surface area contributed by atoms with Crippen molar-refractivity contribution in [3.8, 4) is 0 Å². The fraction of sp³-hybridized carbons (Fsp3) is 0.778. The van der Waals surface area contributed by atoms with E-state index in [0.717, 1.165) is 17.5 Å². The van der Waals surface area contributed by atoms with Crippen LogP contribution >= 0.6 is 11.8 Å². The minimum absolute atomic E-state index is 0.0623. The van der Waals surface area contributed by atoms with Gasteiger partial charge < -0.3 is 10.6 Å². The maximum Gasteiger partial charge on any atom is 0.221 e. The number of amidine groups is 1. The van der Waals surface area contributed by atoms with E-state index in [2.05, 4.69) is 22.5 Å². The van der Waals surface area contributed by atoms with Gasteiger partial charge in [0.25, 0.3) is 0 Å². The summed E-state index contributed by atoms with van der Waals surface area (Å²) in [6, 6.07) is 0. The van der Waals surface area contributed by atoms with E-state index in [1.807, 2.05) is 0 Å². The molecule has 1 aliphatic rings. The number of thioether (sulfide) groups is 1. The molecule has 80 valence electrons. The van der Waals surface area contributed by atoms with Crippen LogP contribution in [0.1, 0.15) is 13.3 Å². The molecule has 1 unspecified atom stereocenters. The standard InChI is InChI=1S/C9H17N3OS/c1-7-5-12-9(14-6-7)11-4-3-8(13)10-2/h7H,3-6H2,1-2H3,(H,10,13)(H,11,12). The van der Waals surface area contributed by atoms with Crippen LogP contribution in [0.25, 0.3) is 0 Å². The second-order valence-electron chi connectivity index (χ2n) is 3.41. The van der Waals surface area contributed by atoms with Crippen molar-refractivity contribution in [1.29, 1.82) is 0 Å². The molecule has 0 fully saturated rings. The highest BCUT2D eigenvalue weighted by atomic mass is 32.2. The Morgan fingerprint density at radius 1 is 1.71 bits per heavy atom. The number of nitrogens with one attached hydrogen (secondary N) is 2. The maximum absolute atomic E-state index is 10.9. The summed E-state index contributed by atoms with van der Waals surface area (Å²) in [5.74, 6) is 1.85. The van der Waals surface area contributed by atoms with Crippen LogP contribution in [0.15, 0.2) is 4.99 Å². The van der Waals surface area contributed by atoms with Crippen LogP contribution in [0.5, 0.6) is 0 Å². The first kappa shape index (κ1) is 11.4. The molecular formula is C9H17N3OS. The highest BCUT2D eigenvalue weighted by molar-refractivity contribution is 8.13. The average Bonchev–Trinajstić information content (AvgIpc) is 2.21. The smallest absolute Gasteiger partial charge is 0.221 e. The van der Waals surface area contributed by atoms with Crippen molar-refractivity contribution >= 4 is 22.8 Å². The third kappa shape index (κ3) is 4.00. The Balaban J connectivity index is 2.16. The van der Waals surface area contributed by atoms with E-state index in [-0.39, 0.29) is 5.91 Å². The van der Waals surface area contributed by atoms with Crippen molar-refractivity contribution in [2.75, 3.05) is 25.9 Å². The minimum atomic E-state index is 0.0623. The number of aliphatic imine (C=N–C) groups is 1. The lowest BCUT2D eigenvalue weighted by atomic mass is 10.2. The summed E-state index contributed by atoms with van der Waals surface area (Å²) in [5, 5.41) is 6.72. The summed E-state index contributed by atoms with van der Waals surface area (Å²) in [7, 11) is 1.65. The molecule has 0 saturated carbocycles. The quantitative estimate of drug-likeness (QED) is 0.719. The summed E-state index contributed by atoms with van der Waals surface area (Å²) in [5.41, 5.74) is 0. The number of nitrogens with zero attached hydrogens (tertiary/aromatic N) is 1. The molecule has 1 rings (SSSR count). The lowest BCUT2D eigenvalue weighted by Crippen LogP contribution is -2.30. The lowest BCUT2D eigenvalue weighted by Gasteiger charge is -2.17. The van der Waals surface area contributed by atoms with Gasteiger partial charge in [-0.2, -0.15) is 0 Å². The zero-order valence-corrected chi connectivity index (χ0v) is 9.49. The topological polar surface area (TPSA) is 53.5 Å². The molecule has 4 nitrogen and oxygen atoms in total. The Labute approximate surface area is 88.9 Å². The van der Waals surface area contributed by atoms with Gasteiger partial charge in [0.15, 0.2) is 5.17 Å². The van der Waals surface area contributed by atoms with E-state index < -0.39 is 0 Å². The third-order valence-electron chi connectivity index (χ3n) is 1.96. The van der Waals surface area contributed by atoms with Crippen LogP contribution in [0, 0.1) is 5.92 Å². The van der Waals surface area contributed by atoms with Crippen molar-refractivity contribution in [1.82, 2.24) is 10.6 Å². The molecule has 0 bridgehead atoms. The molecule has 0 aliphatic carbocycles. The Morgan fingerprint density at radius 3 is 3.07 bits per heavy atom. The number of amides is 1. The molecule has 0 saturated heterocycles. The summed E-state index contributed by atoms with van der Waals surface area (Å²) < 4.78 is 0. The first-order valence-electron chi connectivity index (χ1n) is 4.84. The number of hydrogen-bond acceptors (Lipinski definition) is 4. The summed E-state index contributed by atoms with van der Waals surface area (Å²) in [6.45, 7) is 3.76. The third-order valence-corrected chi connectivity index (χ3v) is 3.24. The van der Waals surface area contributed by atoms with Crippen molar-refractivity contribution in [2.45, 2.75) is 13.3 Å². The van der Waals surface area contributed by atoms with Crippen LogP contribution < -0.4 is 10.6 Å². The van der Waals surface area contributed by atoms with Gasteiger partial charge in [-0.1, -0.05) is 18.7 Å². The van der Waals surface area contributed by atoms with E-state index in [1.165, 1.54) is 0 Å². The largest absolute Gasteiger partial charge is 0.364 e. The van der Waals surface area contributed by atoms with Gasteiger partial charge in [0.05, 0.1) is 0 Å². The number of hydrogen-bond donors (Lipinski definition) is 2. The summed E-state index contributed by atoms with van der Waals surface area (Å²) in [6.07, 6.45) is 0.506. The normalized spacial score (nSPS) is 21.3. The first-order chi connectivity index (χ1) is 6.72. The molecule has 0 aromatic rings. The molecule has 0 aromatic carbocycles. The molecule has 14 heavy (non-hydrogen) atoms. The number of carbonyl (C=O) groups excluding carboxylic acids is 1. The fourth-order valence-electron chi connectivity index (χ4n) is 1.07. The molecule has 1 heterocycles. The van der Waals surface area contributed by atoms with Gasteiger partial charge in [-0.25, -0.2) is 0 Å². The van der Waals surface area contributed by atoms with Crippen LogP contribution in [-0.4, -0.2) is 37.0 Å². The molecule has 5 heteroatoms. The summed E-state index contributed by atoms with van der Waals surface area (Å²) in [4.78, 5) is 15.3. The Morgan fingerprint density at radius 2 is 2.50 bits per heavy atom. The van der Waals surface area contributed by atoms with Crippen LogP contribution in [0.3, 0.4) is 0 Å². The molecular weight excluding hydrogens is 198 g/mol. The SMILES string of the molecule is CNC(=O)CCNC1=NCC(C)CS1. The minimum Gasteiger partial charge on any atom is -0.364 e. The molecule has 1 aliphatic heterocycles. The number of carbonyl (C=O) groups is 1. The molecule has 2 N–H and O–H groups in total. The van der Waals surface area contributed by atoms with E-state index in [9.17, 15) is 4.79 Å². The van der Waals surface area contributed by atoms with Crippen LogP contribution in [0.2, 0.25) is 0 Å². The molecule has 0 spiro atoms. The Hall–Kier alpha value is -0.710. The Kier molecular flexibility index (Phi) is 4.79. The van der Waals surface area contributed by atoms with Crippen LogP contribution in [0.4, 0.5) is 0 Å². The van der Waals surface area contributed by atoms with Crippen molar-refractivity contribution in [3.63, 3.8) is 0 Å². The van der Waals surface area contributed by atoms with Gasteiger partial charge in [0.2, 0.25) is 5.91 Å². The van der Waals surface area contributed by atoms with Crippen molar-refractivity contribution < 1.29 is 4.79 Å². The van der Waals surface area contributed by atoms with Crippen molar-refractivity contribution in [3.05, 3.63) is 0 Å². The van der Waals surface area contributed by atoms with E-state index in [1.54, 1.807) is 18.8 Å². The lowest BCUT2D eigenvalue weighted by molar-refractivity contribution is -0.120. The van der Waals surface area contributed by atoms with Gasteiger partial charge >= 0.3 is 0 Å². The van der Waals surface area contributed by atoms with E-state index in [0.29, 0.717) is 18.9 Å². The predicted molar refractivity (Wildman–Crippen MR) is 60.6 cm³/mol. The van der Waals surface area contributed by atoms with E-state index >= 15 is 0 Å². The summed E-state index contributed by atoms with van der Waals surface area (Å²) >= 11 is 1.74. The van der Waals surface area contributed by atoms with Gasteiger partial charge in [-0.3, -0.25) is 9.79 Å². The number of rotatable bonds is 3. The van der Waals surface area contributed by atoms with Crippen LogP contribution in [-0.2, 0) is 4.79 Å². The molecule has 0 aromatic heterocycles. The second kappa shape index (κ2) is 5.90.